The lowest BCUT2D eigenvalue weighted by Gasteiger charge is -1.96. The molecule has 0 amide bonds. The SMILES string of the molecule is [CH]=C/C=C/CCCCCC/C=C/C. The van der Waals surface area contributed by atoms with Gasteiger partial charge in [0.2, 0.25) is 0 Å². The second-order valence-electron chi connectivity index (χ2n) is 3.18. The molecule has 0 bridgehead atoms. The van der Waals surface area contributed by atoms with Crippen molar-refractivity contribution in [2.24, 2.45) is 0 Å². The quantitative estimate of drug-likeness (QED) is 0.292. The molecular formula is C13H21. The molecule has 13 heavy (non-hydrogen) atoms. The van der Waals surface area contributed by atoms with E-state index in [2.05, 4.69) is 25.2 Å². The van der Waals surface area contributed by atoms with Gasteiger partial charge in [-0.25, -0.2) is 0 Å². The summed E-state index contributed by atoms with van der Waals surface area (Å²) in [4.78, 5) is 0. The van der Waals surface area contributed by atoms with Crippen molar-refractivity contribution in [3.63, 3.8) is 0 Å². The maximum absolute atomic E-state index is 5.20. The molecule has 0 aliphatic heterocycles. The molecule has 0 aliphatic carbocycles. The van der Waals surface area contributed by atoms with E-state index < -0.39 is 0 Å². The number of rotatable bonds is 8. The average molecular weight is 177 g/mol. The standard InChI is InChI=1S/C13H21/c1-3-5-7-9-11-13-12-10-8-6-4-2/h1,3-7H,8-13H2,2H3/b3-1?,6-4+,7-5+. The molecule has 0 aromatic rings. The maximum atomic E-state index is 5.20. The van der Waals surface area contributed by atoms with E-state index in [-0.39, 0.29) is 0 Å². The molecule has 0 aliphatic rings. The highest BCUT2D eigenvalue weighted by Crippen LogP contribution is 2.06. The van der Waals surface area contributed by atoms with E-state index in [1.807, 2.05) is 6.08 Å². The predicted octanol–water partition coefficient (Wildman–Crippen LogP) is 4.45. The van der Waals surface area contributed by atoms with Crippen molar-refractivity contribution in [3.8, 4) is 0 Å². The molecule has 0 aromatic carbocycles. The van der Waals surface area contributed by atoms with Gasteiger partial charge in [-0.05, 0) is 32.6 Å². The molecule has 73 valence electrons. The molecule has 0 atom stereocenters. The first-order valence-corrected chi connectivity index (χ1v) is 5.23. The summed E-state index contributed by atoms with van der Waals surface area (Å²) in [5.41, 5.74) is 0. The van der Waals surface area contributed by atoms with Crippen LogP contribution in [0.15, 0.2) is 30.4 Å². The summed E-state index contributed by atoms with van der Waals surface area (Å²) >= 11 is 0. The van der Waals surface area contributed by atoms with E-state index in [4.69, 9.17) is 6.58 Å². The third-order valence-electron chi connectivity index (χ3n) is 1.97. The van der Waals surface area contributed by atoms with E-state index in [9.17, 15) is 0 Å². The Morgan fingerprint density at radius 2 is 1.54 bits per heavy atom. The Morgan fingerprint density at radius 3 is 2.08 bits per heavy atom. The highest BCUT2D eigenvalue weighted by Gasteiger charge is 1.86. The molecule has 0 saturated carbocycles. The van der Waals surface area contributed by atoms with E-state index in [1.54, 1.807) is 6.08 Å². The average Bonchev–Trinajstić information content (AvgIpc) is 2.16. The maximum Gasteiger partial charge on any atom is -0.0348 e. The van der Waals surface area contributed by atoms with Crippen molar-refractivity contribution in [1.82, 2.24) is 0 Å². The van der Waals surface area contributed by atoms with Crippen LogP contribution in [0.25, 0.3) is 0 Å². The first kappa shape index (κ1) is 12.2. The van der Waals surface area contributed by atoms with Gasteiger partial charge in [-0.15, -0.1) is 0 Å². The van der Waals surface area contributed by atoms with Crippen molar-refractivity contribution in [3.05, 3.63) is 37.0 Å². The van der Waals surface area contributed by atoms with Crippen LogP contribution >= 0.6 is 0 Å². The van der Waals surface area contributed by atoms with E-state index in [1.165, 1.54) is 32.1 Å². The summed E-state index contributed by atoms with van der Waals surface area (Å²) in [6, 6.07) is 0. The highest BCUT2D eigenvalue weighted by atomic mass is 13.9. The molecule has 0 heteroatoms. The summed E-state index contributed by atoms with van der Waals surface area (Å²) in [6.07, 6.45) is 17.7. The lowest BCUT2D eigenvalue weighted by atomic mass is 10.1. The molecule has 0 spiro atoms. The minimum Gasteiger partial charge on any atom is -0.0917 e. The first-order valence-electron chi connectivity index (χ1n) is 5.23. The molecule has 1 radical (unpaired) electrons. The van der Waals surface area contributed by atoms with Crippen LogP contribution in [-0.4, -0.2) is 0 Å². The van der Waals surface area contributed by atoms with Gasteiger partial charge in [0, 0.05) is 0 Å². The Morgan fingerprint density at radius 1 is 0.923 bits per heavy atom. The molecule has 0 aromatic heterocycles. The monoisotopic (exact) mass is 177 g/mol. The smallest absolute Gasteiger partial charge is 0.0348 e. The number of hydrogen-bond donors (Lipinski definition) is 0. The summed E-state index contributed by atoms with van der Waals surface area (Å²) in [5, 5.41) is 0. The van der Waals surface area contributed by atoms with Crippen LogP contribution < -0.4 is 0 Å². The second-order valence-corrected chi connectivity index (χ2v) is 3.18. The van der Waals surface area contributed by atoms with Crippen molar-refractivity contribution in [1.29, 1.82) is 0 Å². The fourth-order valence-corrected chi connectivity index (χ4v) is 1.22. The lowest BCUT2D eigenvalue weighted by Crippen LogP contribution is -1.76. The third kappa shape index (κ3) is 11.2. The molecule has 0 unspecified atom stereocenters. The zero-order valence-electron chi connectivity index (χ0n) is 8.71. The Hall–Kier alpha value is -0.780. The van der Waals surface area contributed by atoms with E-state index in [0.717, 1.165) is 6.42 Å². The van der Waals surface area contributed by atoms with Gasteiger partial charge < -0.3 is 0 Å². The van der Waals surface area contributed by atoms with Gasteiger partial charge in [0.15, 0.2) is 0 Å². The first-order chi connectivity index (χ1) is 6.41. The molecule has 0 saturated heterocycles. The molecule has 0 nitrogen and oxygen atoms in total. The van der Waals surface area contributed by atoms with E-state index in [0.29, 0.717) is 0 Å². The van der Waals surface area contributed by atoms with Gasteiger partial charge >= 0.3 is 0 Å². The van der Waals surface area contributed by atoms with Crippen LogP contribution in [0.4, 0.5) is 0 Å². The van der Waals surface area contributed by atoms with Gasteiger partial charge in [0.25, 0.3) is 0 Å². The normalized spacial score (nSPS) is 11.5. The number of unbranched alkanes of at least 4 members (excludes halogenated alkanes) is 5. The summed E-state index contributed by atoms with van der Waals surface area (Å²) in [5.74, 6) is 0. The summed E-state index contributed by atoms with van der Waals surface area (Å²) in [7, 11) is 0. The Labute approximate surface area is 83.0 Å². The van der Waals surface area contributed by atoms with Crippen LogP contribution in [0.1, 0.15) is 45.4 Å². The van der Waals surface area contributed by atoms with Crippen LogP contribution in [0.5, 0.6) is 0 Å². The zero-order valence-corrected chi connectivity index (χ0v) is 8.71. The number of hydrogen-bond acceptors (Lipinski definition) is 0. The molecule has 0 fully saturated rings. The van der Waals surface area contributed by atoms with Crippen LogP contribution in [0, 0.1) is 6.58 Å². The molecule has 0 N–H and O–H groups in total. The van der Waals surface area contributed by atoms with Gasteiger partial charge in [0.1, 0.15) is 0 Å². The third-order valence-corrected chi connectivity index (χ3v) is 1.97. The van der Waals surface area contributed by atoms with Crippen LogP contribution in [-0.2, 0) is 0 Å². The molecular weight excluding hydrogens is 156 g/mol. The van der Waals surface area contributed by atoms with E-state index >= 15 is 0 Å². The zero-order chi connectivity index (χ0) is 9.78. The molecule has 0 heterocycles. The second kappa shape index (κ2) is 11.2. The topological polar surface area (TPSA) is 0 Å². The largest absolute Gasteiger partial charge is 0.0917 e. The summed E-state index contributed by atoms with van der Waals surface area (Å²) in [6.45, 7) is 7.28. The summed E-state index contributed by atoms with van der Waals surface area (Å²) < 4.78 is 0. The minimum absolute atomic E-state index is 1.16. The van der Waals surface area contributed by atoms with Crippen molar-refractivity contribution in [2.75, 3.05) is 0 Å². The Balaban J connectivity index is 2.99. The van der Waals surface area contributed by atoms with Crippen LogP contribution in [0.3, 0.4) is 0 Å². The van der Waals surface area contributed by atoms with Gasteiger partial charge in [-0.3, -0.25) is 0 Å². The molecule has 0 rings (SSSR count). The predicted molar refractivity (Wildman–Crippen MR) is 60.5 cm³/mol. The fraction of sp³-hybridized carbons (Fsp3) is 0.538. The van der Waals surface area contributed by atoms with Crippen molar-refractivity contribution in [2.45, 2.75) is 45.4 Å². The van der Waals surface area contributed by atoms with Crippen molar-refractivity contribution >= 4 is 0 Å². The van der Waals surface area contributed by atoms with Gasteiger partial charge in [-0.1, -0.05) is 49.8 Å². The minimum atomic E-state index is 1.16. The number of allylic oxidation sites excluding steroid dienone is 5. The Kier molecular flexibility index (Phi) is 10.5. The highest BCUT2D eigenvalue weighted by molar-refractivity contribution is 4.95. The van der Waals surface area contributed by atoms with Gasteiger partial charge in [-0.2, -0.15) is 0 Å². The fourth-order valence-electron chi connectivity index (χ4n) is 1.22. The lowest BCUT2D eigenvalue weighted by molar-refractivity contribution is 0.652. The van der Waals surface area contributed by atoms with Crippen molar-refractivity contribution < 1.29 is 0 Å². The van der Waals surface area contributed by atoms with Gasteiger partial charge in [0.05, 0.1) is 0 Å². The van der Waals surface area contributed by atoms with Crippen LogP contribution in [0.2, 0.25) is 0 Å². The Bertz CT molecular complexity index is 151.